The minimum absolute atomic E-state index is 0.0832. The van der Waals surface area contributed by atoms with Crippen molar-refractivity contribution in [1.82, 2.24) is 13.1 Å². The number of carbonyl (C=O) groups excluding carboxylic acids is 1. The largest absolute Gasteiger partial charge is 0.497 e. The lowest BCUT2D eigenvalue weighted by molar-refractivity contribution is -0.119. The Morgan fingerprint density at radius 2 is 2.07 bits per heavy atom. The molecule has 2 heterocycles. The number of sulfonamides is 1. The van der Waals surface area contributed by atoms with E-state index in [9.17, 15) is 13.2 Å². The third-order valence-electron chi connectivity index (χ3n) is 4.68. The second-order valence-corrected chi connectivity index (χ2v) is 8.77. The van der Waals surface area contributed by atoms with E-state index in [4.69, 9.17) is 4.74 Å². The Morgan fingerprint density at radius 3 is 2.89 bits per heavy atom. The van der Waals surface area contributed by atoms with Crippen LogP contribution in [0.15, 0.2) is 47.4 Å². The van der Waals surface area contributed by atoms with Gasteiger partial charge < -0.3 is 10.1 Å². The SMILES string of the molecule is COc1cccc(NC(=O)C2CCCN2S(=O)(=O)c2cccc3nsnc23)c1. The van der Waals surface area contributed by atoms with Gasteiger partial charge in [-0.15, -0.1) is 0 Å². The molecule has 1 fully saturated rings. The normalized spacial score (nSPS) is 17.7. The third kappa shape index (κ3) is 3.34. The highest BCUT2D eigenvalue weighted by Gasteiger charge is 2.40. The molecule has 0 bridgehead atoms. The van der Waals surface area contributed by atoms with Crippen LogP contribution in [0.5, 0.6) is 5.75 Å². The number of methoxy groups -OCH3 is 1. The highest BCUT2D eigenvalue weighted by molar-refractivity contribution is 7.89. The minimum atomic E-state index is -3.88. The summed E-state index contributed by atoms with van der Waals surface area (Å²) in [6, 6.07) is 11.0. The van der Waals surface area contributed by atoms with E-state index in [1.54, 1.807) is 43.5 Å². The lowest BCUT2D eigenvalue weighted by Crippen LogP contribution is -2.43. The number of carbonyl (C=O) groups is 1. The van der Waals surface area contributed by atoms with E-state index in [1.807, 2.05) is 0 Å². The maximum Gasteiger partial charge on any atom is 0.246 e. The van der Waals surface area contributed by atoms with Crippen molar-refractivity contribution >= 4 is 44.4 Å². The Kier molecular flexibility index (Phi) is 5.00. The van der Waals surface area contributed by atoms with E-state index in [0.29, 0.717) is 35.3 Å². The summed E-state index contributed by atoms with van der Waals surface area (Å²) in [5, 5.41) is 2.79. The van der Waals surface area contributed by atoms with E-state index in [0.717, 1.165) is 11.7 Å². The smallest absolute Gasteiger partial charge is 0.246 e. The van der Waals surface area contributed by atoms with Gasteiger partial charge in [-0.25, -0.2) is 8.42 Å². The first-order valence-electron chi connectivity index (χ1n) is 8.69. The number of fused-ring (bicyclic) bond motifs is 1. The van der Waals surface area contributed by atoms with Gasteiger partial charge in [0, 0.05) is 18.3 Å². The van der Waals surface area contributed by atoms with Crippen LogP contribution in [-0.2, 0) is 14.8 Å². The Balaban J connectivity index is 1.62. The number of hydrogen-bond acceptors (Lipinski definition) is 7. The molecule has 28 heavy (non-hydrogen) atoms. The summed E-state index contributed by atoms with van der Waals surface area (Å²) in [5.41, 5.74) is 1.42. The zero-order valence-corrected chi connectivity index (χ0v) is 16.7. The van der Waals surface area contributed by atoms with E-state index in [-0.39, 0.29) is 17.3 Å². The van der Waals surface area contributed by atoms with Gasteiger partial charge in [0.15, 0.2) is 0 Å². The number of hydrogen-bond donors (Lipinski definition) is 1. The maximum absolute atomic E-state index is 13.3. The quantitative estimate of drug-likeness (QED) is 0.683. The second-order valence-electron chi connectivity index (χ2n) is 6.38. The summed E-state index contributed by atoms with van der Waals surface area (Å²) >= 11 is 0.964. The van der Waals surface area contributed by atoms with Crippen molar-refractivity contribution < 1.29 is 17.9 Å². The van der Waals surface area contributed by atoms with Gasteiger partial charge in [-0.2, -0.15) is 13.1 Å². The summed E-state index contributed by atoms with van der Waals surface area (Å²) in [6.45, 7) is 0.284. The first-order chi connectivity index (χ1) is 13.5. The van der Waals surface area contributed by atoms with Crippen LogP contribution in [0.1, 0.15) is 12.8 Å². The van der Waals surface area contributed by atoms with Gasteiger partial charge in [0.2, 0.25) is 15.9 Å². The van der Waals surface area contributed by atoms with Crippen molar-refractivity contribution in [2.24, 2.45) is 0 Å². The van der Waals surface area contributed by atoms with Crippen molar-refractivity contribution in [1.29, 1.82) is 0 Å². The molecule has 0 spiro atoms. The summed E-state index contributed by atoms with van der Waals surface area (Å²) < 4.78 is 41.2. The van der Waals surface area contributed by atoms with Crippen LogP contribution < -0.4 is 10.1 Å². The molecule has 1 saturated heterocycles. The fraction of sp³-hybridized carbons (Fsp3) is 0.278. The van der Waals surface area contributed by atoms with Gasteiger partial charge in [-0.1, -0.05) is 12.1 Å². The molecule has 0 aliphatic carbocycles. The highest BCUT2D eigenvalue weighted by Crippen LogP contribution is 2.30. The highest BCUT2D eigenvalue weighted by atomic mass is 32.2. The lowest BCUT2D eigenvalue weighted by atomic mass is 10.2. The molecule has 146 valence electrons. The number of ether oxygens (including phenoxy) is 1. The molecular weight excluding hydrogens is 400 g/mol. The van der Waals surface area contributed by atoms with E-state index in [1.165, 1.54) is 10.4 Å². The van der Waals surface area contributed by atoms with Crippen LogP contribution in [0.2, 0.25) is 0 Å². The molecule has 1 aromatic heterocycles. The lowest BCUT2D eigenvalue weighted by Gasteiger charge is -2.23. The van der Waals surface area contributed by atoms with Crippen LogP contribution >= 0.6 is 11.7 Å². The van der Waals surface area contributed by atoms with Crippen molar-refractivity contribution in [3.63, 3.8) is 0 Å². The van der Waals surface area contributed by atoms with Crippen molar-refractivity contribution in [2.45, 2.75) is 23.8 Å². The molecule has 8 nitrogen and oxygen atoms in total. The van der Waals surface area contributed by atoms with Gasteiger partial charge in [0.25, 0.3) is 0 Å². The molecule has 0 saturated carbocycles. The molecule has 1 atom stereocenters. The summed E-state index contributed by atoms with van der Waals surface area (Å²) in [6.07, 6.45) is 1.07. The molecule has 1 amide bonds. The van der Waals surface area contributed by atoms with Crippen molar-refractivity contribution in [3.05, 3.63) is 42.5 Å². The number of rotatable bonds is 5. The van der Waals surface area contributed by atoms with E-state index < -0.39 is 16.1 Å². The zero-order valence-electron chi connectivity index (χ0n) is 15.0. The molecule has 1 aliphatic heterocycles. The predicted octanol–water partition coefficient (Wildman–Crippen LogP) is 2.49. The number of nitrogens with zero attached hydrogens (tertiary/aromatic N) is 3. The zero-order chi connectivity index (χ0) is 19.7. The van der Waals surface area contributed by atoms with Crippen molar-refractivity contribution in [2.75, 3.05) is 19.0 Å². The fourth-order valence-corrected chi connectivity index (χ4v) is 5.74. The first kappa shape index (κ1) is 18.8. The van der Waals surface area contributed by atoms with Gasteiger partial charge in [-0.05, 0) is 37.1 Å². The van der Waals surface area contributed by atoms with Crippen LogP contribution in [0.25, 0.3) is 11.0 Å². The molecule has 1 aliphatic rings. The second kappa shape index (κ2) is 7.46. The van der Waals surface area contributed by atoms with Gasteiger partial charge >= 0.3 is 0 Å². The number of nitrogens with one attached hydrogen (secondary N) is 1. The van der Waals surface area contributed by atoms with Crippen molar-refractivity contribution in [3.8, 4) is 5.75 Å². The molecule has 10 heteroatoms. The maximum atomic E-state index is 13.3. The standard InChI is InChI=1S/C18H18N4O4S2/c1-26-13-6-2-5-12(11-13)19-18(23)15-8-4-10-22(15)28(24,25)16-9-3-7-14-17(16)21-27-20-14/h2-3,5-7,9,11,15H,4,8,10H2,1H3,(H,19,23). The monoisotopic (exact) mass is 418 g/mol. The Hall–Kier alpha value is -2.56. The minimum Gasteiger partial charge on any atom is -0.497 e. The fourth-order valence-electron chi connectivity index (χ4n) is 3.33. The molecular formula is C18H18N4O4S2. The molecule has 3 aromatic rings. The average molecular weight is 419 g/mol. The molecule has 2 aromatic carbocycles. The van der Waals surface area contributed by atoms with E-state index >= 15 is 0 Å². The Labute approximate surface area is 166 Å². The number of amides is 1. The van der Waals surface area contributed by atoms with Crippen LogP contribution in [-0.4, -0.2) is 47.1 Å². The number of anilines is 1. The summed E-state index contributed by atoms with van der Waals surface area (Å²) in [4.78, 5) is 12.9. The van der Waals surface area contributed by atoms with Gasteiger partial charge in [-0.3, -0.25) is 4.79 Å². The van der Waals surface area contributed by atoms with Crippen LogP contribution in [0.3, 0.4) is 0 Å². The molecule has 1 unspecified atom stereocenters. The molecule has 0 radical (unpaired) electrons. The van der Waals surface area contributed by atoms with Gasteiger partial charge in [0.05, 0.1) is 18.8 Å². The summed E-state index contributed by atoms with van der Waals surface area (Å²) in [7, 11) is -2.34. The van der Waals surface area contributed by atoms with Crippen LogP contribution in [0, 0.1) is 0 Å². The average Bonchev–Trinajstić information content (AvgIpc) is 3.37. The third-order valence-corrected chi connectivity index (χ3v) is 7.16. The Morgan fingerprint density at radius 1 is 1.25 bits per heavy atom. The first-order valence-corrected chi connectivity index (χ1v) is 10.9. The van der Waals surface area contributed by atoms with E-state index in [2.05, 4.69) is 14.1 Å². The predicted molar refractivity (Wildman–Crippen MR) is 106 cm³/mol. The summed E-state index contributed by atoms with van der Waals surface area (Å²) in [5.74, 6) is 0.245. The van der Waals surface area contributed by atoms with Crippen LogP contribution in [0.4, 0.5) is 5.69 Å². The Bertz CT molecular complexity index is 1130. The van der Waals surface area contributed by atoms with Gasteiger partial charge in [0.1, 0.15) is 27.7 Å². The molecule has 4 rings (SSSR count). The number of aromatic nitrogens is 2. The molecule has 1 N–H and O–H groups in total. The number of benzene rings is 2. The topological polar surface area (TPSA) is 101 Å².